The number of halogens is 1. The summed E-state index contributed by atoms with van der Waals surface area (Å²) >= 11 is 6.05. The van der Waals surface area contributed by atoms with E-state index in [0.29, 0.717) is 36.5 Å². The smallest absolute Gasteiger partial charge is 0.239 e. The Morgan fingerprint density at radius 3 is 2.18 bits per heavy atom. The van der Waals surface area contributed by atoms with Crippen molar-refractivity contribution in [3.63, 3.8) is 0 Å². The molecule has 38 heavy (non-hydrogen) atoms. The molecule has 4 N–H and O–H groups in total. The molecule has 0 aromatic heterocycles. The van der Waals surface area contributed by atoms with Crippen LogP contribution in [0.25, 0.3) is 0 Å². The minimum Gasteiger partial charge on any atom is -0.376 e. The third kappa shape index (κ3) is 8.63. The van der Waals surface area contributed by atoms with Crippen LogP contribution in [0.2, 0.25) is 5.02 Å². The molecule has 2 aliphatic rings. The Hall–Kier alpha value is -1.75. The molecule has 9 nitrogen and oxygen atoms in total. The summed E-state index contributed by atoms with van der Waals surface area (Å²) in [5.41, 5.74) is 5.98. The van der Waals surface area contributed by atoms with Gasteiger partial charge in [0.25, 0.3) is 0 Å². The largest absolute Gasteiger partial charge is 0.376 e. The molecule has 2 aliphatic heterocycles. The van der Waals surface area contributed by atoms with Gasteiger partial charge in [0.05, 0.1) is 11.6 Å². The fourth-order valence-corrected chi connectivity index (χ4v) is 5.42. The number of hydrazine groups is 1. The molecule has 3 rings (SSSR count). The lowest BCUT2D eigenvalue weighted by atomic mass is 10.0. The Morgan fingerprint density at radius 1 is 1.11 bits per heavy atom. The first-order chi connectivity index (χ1) is 17.8. The van der Waals surface area contributed by atoms with Gasteiger partial charge in [0.1, 0.15) is 6.23 Å². The van der Waals surface area contributed by atoms with Crippen LogP contribution in [0.15, 0.2) is 24.3 Å². The first kappa shape index (κ1) is 30.8. The van der Waals surface area contributed by atoms with Gasteiger partial charge in [-0.2, -0.15) is 0 Å². The minimum atomic E-state index is -1.05. The van der Waals surface area contributed by atoms with E-state index in [-0.39, 0.29) is 11.8 Å². The monoisotopic (exact) mass is 550 g/mol. The number of nitrogens with zero attached hydrogens (tertiary/aromatic N) is 4. The molecule has 0 bridgehead atoms. The molecule has 0 saturated carbocycles. The quantitative estimate of drug-likeness (QED) is 0.409. The van der Waals surface area contributed by atoms with E-state index < -0.39 is 17.8 Å². The van der Waals surface area contributed by atoms with E-state index in [0.717, 1.165) is 51.1 Å². The molecule has 2 fully saturated rings. The average Bonchev–Trinajstić information content (AvgIpc) is 2.87. The van der Waals surface area contributed by atoms with Gasteiger partial charge in [-0.3, -0.25) is 14.5 Å². The van der Waals surface area contributed by atoms with Gasteiger partial charge >= 0.3 is 0 Å². The molecule has 214 valence electrons. The predicted molar refractivity (Wildman–Crippen MR) is 151 cm³/mol. The number of rotatable bonds is 10. The maximum Gasteiger partial charge on any atom is 0.239 e. The number of piperazine rings is 1. The zero-order valence-corrected chi connectivity index (χ0v) is 24.5. The van der Waals surface area contributed by atoms with Crippen molar-refractivity contribution in [3.05, 3.63) is 34.9 Å². The lowest BCUT2D eigenvalue weighted by molar-refractivity contribution is -0.141. The number of aliphatic hydroxyl groups excluding tert-OH is 1. The van der Waals surface area contributed by atoms with E-state index in [1.165, 1.54) is 0 Å². The van der Waals surface area contributed by atoms with Crippen LogP contribution in [-0.4, -0.2) is 106 Å². The van der Waals surface area contributed by atoms with Crippen molar-refractivity contribution in [1.82, 2.24) is 25.1 Å². The first-order valence-electron chi connectivity index (χ1n) is 13.9. The van der Waals surface area contributed by atoms with E-state index in [9.17, 15) is 14.7 Å². The highest BCUT2D eigenvalue weighted by Crippen LogP contribution is 2.22. The van der Waals surface area contributed by atoms with Crippen LogP contribution in [0.5, 0.6) is 0 Å². The molecule has 2 heterocycles. The van der Waals surface area contributed by atoms with Crippen LogP contribution < -0.4 is 11.1 Å². The molecule has 1 aromatic carbocycles. The molecule has 2 amide bonds. The lowest BCUT2D eigenvalue weighted by Crippen LogP contribution is -2.63. The summed E-state index contributed by atoms with van der Waals surface area (Å²) in [4.78, 5) is 28.5. The molecule has 0 radical (unpaired) electrons. The number of carbonyl (C=O) groups is 2. The third-order valence-corrected chi connectivity index (χ3v) is 7.79. The van der Waals surface area contributed by atoms with Crippen LogP contribution in [0.1, 0.15) is 53.0 Å². The number of nitrogens with one attached hydrogen (secondary N) is 1. The van der Waals surface area contributed by atoms with Crippen molar-refractivity contribution in [2.24, 2.45) is 11.7 Å². The summed E-state index contributed by atoms with van der Waals surface area (Å²) in [6.07, 6.45) is 1.56. The van der Waals surface area contributed by atoms with Crippen LogP contribution in [0.4, 0.5) is 0 Å². The number of hydrogen-bond donors (Lipinski definition) is 3. The number of piperidine rings is 1. The number of amides is 2. The number of nitrogens with two attached hydrogens (primary N) is 1. The van der Waals surface area contributed by atoms with Crippen molar-refractivity contribution in [2.75, 3.05) is 45.8 Å². The average molecular weight is 551 g/mol. The van der Waals surface area contributed by atoms with Crippen molar-refractivity contribution < 1.29 is 14.7 Å². The molecular weight excluding hydrogens is 504 g/mol. The Labute approximate surface area is 233 Å². The van der Waals surface area contributed by atoms with Gasteiger partial charge in [-0.1, -0.05) is 37.6 Å². The Kier molecular flexibility index (Phi) is 11.0. The number of hydrogen-bond acceptors (Lipinski definition) is 7. The third-order valence-electron chi connectivity index (χ3n) is 7.54. The molecule has 2 saturated heterocycles. The number of likely N-dealkylation sites (tertiary alicyclic amines) is 1. The van der Waals surface area contributed by atoms with Crippen molar-refractivity contribution in [2.45, 2.75) is 77.7 Å². The van der Waals surface area contributed by atoms with Gasteiger partial charge < -0.3 is 21.1 Å². The van der Waals surface area contributed by atoms with Gasteiger partial charge in [-0.15, -0.1) is 0 Å². The zero-order chi connectivity index (χ0) is 28.0. The summed E-state index contributed by atoms with van der Waals surface area (Å²) in [5, 5.41) is 20.0. The summed E-state index contributed by atoms with van der Waals surface area (Å²) < 4.78 is 0. The second-order valence-corrected chi connectivity index (χ2v) is 12.2. The van der Waals surface area contributed by atoms with Crippen LogP contribution in [0.3, 0.4) is 0 Å². The molecule has 1 unspecified atom stereocenters. The van der Waals surface area contributed by atoms with Gasteiger partial charge in [0, 0.05) is 63.8 Å². The summed E-state index contributed by atoms with van der Waals surface area (Å²) in [6.45, 7) is 15.0. The normalized spacial score (nSPS) is 20.1. The highest BCUT2D eigenvalue weighted by molar-refractivity contribution is 6.30. The highest BCUT2D eigenvalue weighted by atomic mass is 35.5. The van der Waals surface area contributed by atoms with Gasteiger partial charge in [-0.05, 0) is 56.7 Å². The van der Waals surface area contributed by atoms with Crippen LogP contribution in [0, 0.1) is 5.92 Å². The Balaban J connectivity index is 1.66. The standard InChI is InChI=1S/C28H47ClN6O3/c1-20(2)19-35(24-10-12-32(13-11-24)21(3)36)34-16-14-33(15-17-34)26(37)25(31-27(38)28(4,5)30)18-22-6-8-23(29)9-7-22/h6-9,20,24-26,37H,10-19,30H2,1-5H3,(H,31,38)/t25-,26?/m1/s1. The fraction of sp³-hybridized carbons (Fsp3) is 0.714. The van der Waals surface area contributed by atoms with E-state index in [1.807, 2.05) is 34.1 Å². The number of aliphatic hydroxyl groups is 1. The minimum absolute atomic E-state index is 0.153. The van der Waals surface area contributed by atoms with E-state index in [1.54, 1.807) is 20.8 Å². The zero-order valence-electron chi connectivity index (χ0n) is 23.7. The molecule has 2 atom stereocenters. The second-order valence-electron chi connectivity index (χ2n) is 11.8. The Bertz CT molecular complexity index is 906. The van der Waals surface area contributed by atoms with Gasteiger partial charge in [0.2, 0.25) is 11.8 Å². The van der Waals surface area contributed by atoms with Gasteiger partial charge in [0.15, 0.2) is 0 Å². The summed E-state index contributed by atoms with van der Waals surface area (Å²) in [7, 11) is 0. The summed E-state index contributed by atoms with van der Waals surface area (Å²) in [6, 6.07) is 7.37. The summed E-state index contributed by atoms with van der Waals surface area (Å²) in [5.74, 6) is 0.372. The second kappa shape index (κ2) is 13.5. The van der Waals surface area contributed by atoms with E-state index in [4.69, 9.17) is 17.3 Å². The van der Waals surface area contributed by atoms with Crippen LogP contribution >= 0.6 is 11.6 Å². The molecule has 1 aromatic rings. The predicted octanol–water partition coefficient (Wildman–Crippen LogP) is 1.92. The fourth-order valence-electron chi connectivity index (χ4n) is 5.30. The SMILES string of the molecule is CC(=O)N1CCC(N(CC(C)C)N2CCN(C(O)[C@@H](Cc3ccc(Cl)cc3)NC(=O)C(C)(C)N)CC2)CC1. The molecule has 0 aliphatic carbocycles. The molecular formula is C28H47ClN6O3. The Morgan fingerprint density at radius 2 is 1.68 bits per heavy atom. The molecule has 10 heteroatoms. The first-order valence-corrected chi connectivity index (χ1v) is 14.3. The number of benzene rings is 1. The van der Waals surface area contributed by atoms with Crippen molar-refractivity contribution in [3.8, 4) is 0 Å². The van der Waals surface area contributed by atoms with E-state index in [2.05, 4.69) is 29.2 Å². The maximum atomic E-state index is 12.8. The topological polar surface area (TPSA) is 105 Å². The lowest BCUT2D eigenvalue weighted by Gasteiger charge is -2.48. The highest BCUT2D eigenvalue weighted by Gasteiger charge is 2.35. The number of carbonyl (C=O) groups excluding carboxylic acids is 2. The van der Waals surface area contributed by atoms with Crippen molar-refractivity contribution in [1.29, 1.82) is 0 Å². The van der Waals surface area contributed by atoms with Crippen molar-refractivity contribution >= 4 is 23.4 Å². The van der Waals surface area contributed by atoms with Crippen LogP contribution in [-0.2, 0) is 16.0 Å². The van der Waals surface area contributed by atoms with E-state index >= 15 is 0 Å². The maximum absolute atomic E-state index is 12.8. The molecule has 0 spiro atoms. The van der Waals surface area contributed by atoms with Gasteiger partial charge in [-0.25, -0.2) is 10.0 Å².